The fourth-order valence-electron chi connectivity index (χ4n) is 2.23. The molecule has 0 saturated heterocycles. The second-order valence-electron chi connectivity index (χ2n) is 5.78. The third kappa shape index (κ3) is 4.44. The van der Waals surface area contributed by atoms with Crippen LogP contribution in [-0.4, -0.2) is 26.3 Å². The van der Waals surface area contributed by atoms with Crippen molar-refractivity contribution >= 4 is 39.0 Å². The van der Waals surface area contributed by atoms with Crippen LogP contribution in [0.3, 0.4) is 0 Å². The summed E-state index contributed by atoms with van der Waals surface area (Å²) in [4.78, 5) is 15.2. The van der Waals surface area contributed by atoms with E-state index in [1.165, 1.54) is 23.9 Å². The first-order valence-corrected chi connectivity index (χ1v) is 8.33. The van der Waals surface area contributed by atoms with Crippen LogP contribution in [0, 0.1) is 6.57 Å². The number of carbonyl (C=O) groups excluding carboxylic acids is 1. The molecule has 1 heterocycles. The summed E-state index contributed by atoms with van der Waals surface area (Å²) in [6.45, 7) is 7.83. The molecule has 1 N–H and O–H groups in total. The SMILES string of the molecule is [C-]#[N+]c1ccc(CC(=O)[C@@](C)(O)Cn2ncc(Cl)c2Br)cc1C(F)(F)F. The minimum Gasteiger partial charge on any atom is -0.380 e. The molecule has 2 aromatic rings. The molecule has 0 aliphatic heterocycles. The minimum absolute atomic E-state index is 0.0487. The van der Waals surface area contributed by atoms with Crippen LogP contribution in [0.1, 0.15) is 18.1 Å². The van der Waals surface area contributed by atoms with Gasteiger partial charge in [-0.1, -0.05) is 29.8 Å². The zero-order valence-electron chi connectivity index (χ0n) is 13.3. The zero-order valence-corrected chi connectivity index (χ0v) is 15.7. The lowest BCUT2D eigenvalue weighted by Crippen LogP contribution is -2.41. The van der Waals surface area contributed by atoms with Crippen LogP contribution in [0.15, 0.2) is 29.0 Å². The van der Waals surface area contributed by atoms with Gasteiger partial charge in [0.1, 0.15) is 10.2 Å². The summed E-state index contributed by atoms with van der Waals surface area (Å²) >= 11 is 8.99. The van der Waals surface area contributed by atoms with Gasteiger partial charge in [0, 0.05) is 6.42 Å². The highest BCUT2D eigenvalue weighted by atomic mass is 79.9. The molecular weight excluding hydrogens is 439 g/mol. The van der Waals surface area contributed by atoms with Crippen molar-refractivity contribution in [2.24, 2.45) is 0 Å². The molecule has 26 heavy (non-hydrogen) atoms. The maximum Gasteiger partial charge on any atom is 0.407 e. The second-order valence-corrected chi connectivity index (χ2v) is 6.93. The average Bonchev–Trinajstić information content (AvgIpc) is 2.85. The summed E-state index contributed by atoms with van der Waals surface area (Å²) in [6, 6.07) is 3.02. The molecule has 138 valence electrons. The highest BCUT2D eigenvalue weighted by Crippen LogP contribution is 2.37. The number of nitrogens with zero attached hydrogens (tertiary/aromatic N) is 3. The van der Waals surface area contributed by atoms with Crippen molar-refractivity contribution in [2.45, 2.75) is 31.7 Å². The number of Topliss-reactive ketones (excluding diaryl/α,β-unsaturated/α-hetero) is 1. The standard InChI is InChI=1S/C16H12BrClF3N3O2/c1-15(26,8-24-14(17)11(18)7-23-24)13(25)6-9-3-4-12(22-2)10(5-9)16(19,20)21/h3-5,7,26H,6,8H2,1H3/t15-/m0/s1. The maximum absolute atomic E-state index is 13.0. The van der Waals surface area contributed by atoms with E-state index in [9.17, 15) is 23.1 Å². The third-order valence-corrected chi connectivity index (χ3v) is 4.99. The fraction of sp³-hybridized carbons (Fsp3) is 0.312. The molecule has 1 aromatic carbocycles. The topological polar surface area (TPSA) is 59.5 Å². The van der Waals surface area contributed by atoms with Crippen molar-refractivity contribution < 1.29 is 23.1 Å². The van der Waals surface area contributed by atoms with E-state index in [0.717, 1.165) is 12.1 Å². The molecule has 1 atom stereocenters. The maximum atomic E-state index is 13.0. The van der Waals surface area contributed by atoms with E-state index >= 15 is 0 Å². The van der Waals surface area contributed by atoms with E-state index < -0.39 is 35.2 Å². The first-order valence-electron chi connectivity index (χ1n) is 7.16. The predicted molar refractivity (Wildman–Crippen MR) is 92.0 cm³/mol. The van der Waals surface area contributed by atoms with E-state index in [4.69, 9.17) is 18.2 Å². The molecule has 0 radical (unpaired) electrons. The number of benzene rings is 1. The summed E-state index contributed by atoms with van der Waals surface area (Å²) in [6.07, 6.45) is -3.82. The van der Waals surface area contributed by atoms with Crippen LogP contribution in [0.2, 0.25) is 5.02 Å². The Morgan fingerprint density at radius 3 is 2.62 bits per heavy atom. The van der Waals surface area contributed by atoms with Gasteiger partial charge in [-0.15, -0.1) is 0 Å². The van der Waals surface area contributed by atoms with Gasteiger partial charge in [0.05, 0.1) is 29.9 Å². The van der Waals surface area contributed by atoms with Gasteiger partial charge in [-0.2, -0.15) is 18.3 Å². The van der Waals surface area contributed by atoms with Gasteiger partial charge in [0.15, 0.2) is 11.5 Å². The van der Waals surface area contributed by atoms with Crippen molar-refractivity contribution in [3.63, 3.8) is 0 Å². The largest absolute Gasteiger partial charge is 0.407 e. The van der Waals surface area contributed by atoms with E-state index in [2.05, 4.69) is 25.9 Å². The van der Waals surface area contributed by atoms with Crippen LogP contribution in [0.5, 0.6) is 0 Å². The Bertz CT molecular complexity index is 888. The number of hydrogen-bond acceptors (Lipinski definition) is 3. The highest BCUT2D eigenvalue weighted by Gasteiger charge is 2.35. The van der Waals surface area contributed by atoms with Crippen LogP contribution in [0.4, 0.5) is 18.9 Å². The molecule has 0 amide bonds. The minimum atomic E-state index is -4.71. The first kappa shape index (κ1) is 20.4. The summed E-state index contributed by atoms with van der Waals surface area (Å²) in [5, 5.41) is 14.6. The van der Waals surface area contributed by atoms with Gasteiger partial charge >= 0.3 is 6.18 Å². The Morgan fingerprint density at radius 2 is 2.12 bits per heavy atom. The fourth-order valence-corrected chi connectivity index (χ4v) is 2.69. The quantitative estimate of drug-likeness (QED) is 0.686. The van der Waals surface area contributed by atoms with E-state index in [0.29, 0.717) is 4.60 Å². The molecule has 0 saturated carbocycles. The summed E-state index contributed by atoms with van der Waals surface area (Å²) < 4.78 is 40.7. The third-order valence-electron chi connectivity index (χ3n) is 3.64. The molecule has 5 nitrogen and oxygen atoms in total. The molecule has 0 bridgehead atoms. The number of halogens is 5. The molecule has 10 heteroatoms. The number of rotatable bonds is 5. The number of aromatic nitrogens is 2. The van der Waals surface area contributed by atoms with Crippen molar-refractivity contribution in [3.05, 3.63) is 56.6 Å². The van der Waals surface area contributed by atoms with Crippen LogP contribution >= 0.6 is 27.5 Å². The van der Waals surface area contributed by atoms with Crippen LogP contribution in [-0.2, 0) is 23.9 Å². The average molecular weight is 451 g/mol. The lowest BCUT2D eigenvalue weighted by atomic mass is 9.94. The Hall–Kier alpha value is -1.89. The molecule has 0 aliphatic carbocycles. The van der Waals surface area contributed by atoms with Crippen molar-refractivity contribution in [2.75, 3.05) is 0 Å². The monoisotopic (exact) mass is 449 g/mol. The van der Waals surface area contributed by atoms with E-state index in [1.54, 1.807) is 0 Å². The predicted octanol–water partition coefficient (Wildman–Crippen LogP) is 4.43. The molecule has 0 unspecified atom stereocenters. The lowest BCUT2D eigenvalue weighted by molar-refractivity contribution is -0.138. The van der Waals surface area contributed by atoms with E-state index in [1.807, 2.05) is 0 Å². The number of alkyl halides is 3. The first-order chi connectivity index (χ1) is 12.0. The van der Waals surface area contributed by atoms with E-state index in [-0.39, 0.29) is 17.1 Å². The van der Waals surface area contributed by atoms with Gasteiger partial charge in [-0.3, -0.25) is 9.48 Å². The normalized spacial score (nSPS) is 13.9. The van der Waals surface area contributed by atoms with Gasteiger partial charge < -0.3 is 5.11 Å². The Kier molecular flexibility index (Phi) is 5.80. The van der Waals surface area contributed by atoms with Gasteiger partial charge in [-0.05, 0) is 28.4 Å². The second kappa shape index (κ2) is 7.39. The van der Waals surface area contributed by atoms with Crippen LogP contribution < -0.4 is 0 Å². The van der Waals surface area contributed by atoms with Crippen molar-refractivity contribution in [1.82, 2.24) is 9.78 Å². The molecule has 1 aromatic heterocycles. The summed E-state index contributed by atoms with van der Waals surface area (Å²) in [5.74, 6) is -0.695. The molecule has 0 aliphatic rings. The Balaban J connectivity index is 2.23. The number of carbonyl (C=O) groups is 1. The Morgan fingerprint density at radius 1 is 1.46 bits per heavy atom. The summed E-state index contributed by atoms with van der Waals surface area (Å²) in [5.41, 5.74) is -3.49. The molecule has 0 fully saturated rings. The van der Waals surface area contributed by atoms with Crippen molar-refractivity contribution in [1.29, 1.82) is 0 Å². The van der Waals surface area contributed by atoms with Gasteiger partial charge in [0.25, 0.3) is 0 Å². The molecular formula is C16H12BrClF3N3O2. The lowest BCUT2D eigenvalue weighted by Gasteiger charge is -2.22. The Labute approximate surface area is 160 Å². The molecule has 0 spiro atoms. The van der Waals surface area contributed by atoms with Gasteiger partial charge in [0.2, 0.25) is 0 Å². The van der Waals surface area contributed by atoms with Gasteiger partial charge in [-0.25, -0.2) is 4.85 Å². The molecule has 2 rings (SSSR count). The number of hydrogen-bond donors (Lipinski definition) is 1. The highest BCUT2D eigenvalue weighted by molar-refractivity contribution is 9.10. The smallest absolute Gasteiger partial charge is 0.380 e. The van der Waals surface area contributed by atoms with Crippen LogP contribution in [0.25, 0.3) is 4.85 Å². The summed E-state index contributed by atoms with van der Waals surface area (Å²) in [7, 11) is 0. The van der Waals surface area contributed by atoms with Crippen molar-refractivity contribution in [3.8, 4) is 0 Å². The zero-order chi connectivity index (χ0) is 19.7. The number of aliphatic hydroxyl groups is 1. The number of ketones is 1.